The number of carbonyl (C=O) groups excluding carboxylic acids is 2. The summed E-state index contributed by atoms with van der Waals surface area (Å²) in [4.78, 5) is 30.5. The number of hydrogen-bond donors (Lipinski definition) is 1. The third kappa shape index (κ3) is 3.13. The summed E-state index contributed by atoms with van der Waals surface area (Å²) < 4.78 is 0. The van der Waals surface area contributed by atoms with Crippen LogP contribution in [0.1, 0.15) is 24.8 Å². The SMILES string of the molecule is CCONC(=O)C1CSC(c2ccccc2)N1C(C)=O. The van der Waals surface area contributed by atoms with Crippen molar-refractivity contribution in [1.82, 2.24) is 10.4 Å². The van der Waals surface area contributed by atoms with E-state index in [-0.39, 0.29) is 17.2 Å². The molecule has 6 heteroatoms. The van der Waals surface area contributed by atoms with Gasteiger partial charge in [0.1, 0.15) is 11.4 Å². The van der Waals surface area contributed by atoms with Crippen LogP contribution < -0.4 is 5.48 Å². The number of rotatable bonds is 4. The molecule has 0 saturated carbocycles. The number of benzene rings is 1. The minimum Gasteiger partial charge on any atom is -0.314 e. The number of hydrogen-bond acceptors (Lipinski definition) is 4. The Bertz CT molecular complexity index is 481. The van der Waals surface area contributed by atoms with Crippen LogP contribution in [0, 0.1) is 0 Å². The summed E-state index contributed by atoms with van der Waals surface area (Å²) in [6.45, 7) is 3.68. The number of amides is 2. The first kappa shape index (κ1) is 14.9. The molecule has 5 nitrogen and oxygen atoms in total. The molecule has 0 bridgehead atoms. The minimum atomic E-state index is -0.491. The van der Waals surface area contributed by atoms with Crippen LogP contribution >= 0.6 is 11.8 Å². The highest BCUT2D eigenvalue weighted by atomic mass is 32.2. The highest BCUT2D eigenvalue weighted by Crippen LogP contribution is 2.41. The Hall–Kier alpha value is -1.53. The van der Waals surface area contributed by atoms with E-state index in [1.165, 1.54) is 6.92 Å². The van der Waals surface area contributed by atoms with Crippen molar-refractivity contribution in [2.24, 2.45) is 0 Å². The molecule has 108 valence electrons. The van der Waals surface area contributed by atoms with Gasteiger partial charge in [0.25, 0.3) is 5.91 Å². The van der Waals surface area contributed by atoms with Crippen LogP contribution in [0.25, 0.3) is 0 Å². The largest absolute Gasteiger partial charge is 0.314 e. The molecule has 20 heavy (non-hydrogen) atoms. The smallest absolute Gasteiger partial charge is 0.267 e. The Morgan fingerprint density at radius 3 is 2.70 bits per heavy atom. The summed E-state index contributed by atoms with van der Waals surface area (Å²) >= 11 is 1.59. The van der Waals surface area contributed by atoms with E-state index in [0.29, 0.717) is 12.4 Å². The maximum Gasteiger partial charge on any atom is 0.267 e. The fraction of sp³-hybridized carbons (Fsp3) is 0.429. The molecule has 0 aromatic heterocycles. The lowest BCUT2D eigenvalue weighted by Crippen LogP contribution is -2.47. The van der Waals surface area contributed by atoms with Gasteiger partial charge in [-0.1, -0.05) is 30.3 Å². The van der Waals surface area contributed by atoms with Gasteiger partial charge in [0, 0.05) is 12.7 Å². The Morgan fingerprint density at radius 2 is 2.10 bits per heavy atom. The van der Waals surface area contributed by atoms with E-state index in [4.69, 9.17) is 4.84 Å². The van der Waals surface area contributed by atoms with Gasteiger partial charge in [-0.15, -0.1) is 11.8 Å². The van der Waals surface area contributed by atoms with Gasteiger partial charge in [0.2, 0.25) is 5.91 Å². The second-order valence-corrected chi connectivity index (χ2v) is 5.55. The van der Waals surface area contributed by atoms with E-state index in [1.807, 2.05) is 30.3 Å². The quantitative estimate of drug-likeness (QED) is 0.859. The Balaban J connectivity index is 2.17. The summed E-state index contributed by atoms with van der Waals surface area (Å²) in [6.07, 6.45) is 0. The van der Waals surface area contributed by atoms with Gasteiger partial charge in [-0.25, -0.2) is 5.48 Å². The number of carbonyl (C=O) groups is 2. The van der Waals surface area contributed by atoms with Crippen LogP contribution in [0.15, 0.2) is 30.3 Å². The first-order chi connectivity index (χ1) is 9.65. The summed E-state index contributed by atoms with van der Waals surface area (Å²) in [5.74, 6) is 0.186. The maximum atomic E-state index is 12.1. The molecule has 1 saturated heterocycles. The molecule has 1 heterocycles. The van der Waals surface area contributed by atoms with Crippen LogP contribution in [-0.2, 0) is 14.4 Å². The Kier molecular flexibility index (Phi) is 5.03. The van der Waals surface area contributed by atoms with Crippen molar-refractivity contribution in [3.05, 3.63) is 35.9 Å². The zero-order valence-electron chi connectivity index (χ0n) is 11.5. The molecule has 1 aliphatic rings. The zero-order chi connectivity index (χ0) is 14.5. The van der Waals surface area contributed by atoms with Crippen molar-refractivity contribution in [2.45, 2.75) is 25.3 Å². The van der Waals surface area contributed by atoms with E-state index in [1.54, 1.807) is 23.6 Å². The second-order valence-electron chi connectivity index (χ2n) is 4.44. The second kappa shape index (κ2) is 6.76. The lowest BCUT2D eigenvalue weighted by molar-refractivity contribution is -0.144. The molecule has 1 N–H and O–H groups in total. The predicted molar refractivity (Wildman–Crippen MR) is 77.7 cm³/mol. The Labute approximate surface area is 122 Å². The van der Waals surface area contributed by atoms with Crippen molar-refractivity contribution >= 4 is 23.6 Å². The molecular formula is C14H18N2O3S. The van der Waals surface area contributed by atoms with E-state index >= 15 is 0 Å². The molecule has 1 fully saturated rings. The average molecular weight is 294 g/mol. The van der Waals surface area contributed by atoms with E-state index in [2.05, 4.69) is 5.48 Å². The molecule has 2 atom stereocenters. The maximum absolute atomic E-state index is 12.1. The molecular weight excluding hydrogens is 276 g/mol. The van der Waals surface area contributed by atoms with Gasteiger partial charge in [-0.3, -0.25) is 14.4 Å². The lowest BCUT2D eigenvalue weighted by atomic mass is 10.1. The standard InChI is InChI=1S/C14H18N2O3S/c1-3-19-15-13(18)12-9-20-14(16(12)10(2)17)11-7-5-4-6-8-11/h4-8,12,14H,3,9H2,1-2H3,(H,15,18). The van der Waals surface area contributed by atoms with E-state index in [0.717, 1.165) is 5.56 Å². The molecule has 0 spiro atoms. The van der Waals surface area contributed by atoms with Crippen LogP contribution in [0.2, 0.25) is 0 Å². The van der Waals surface area contributed by atoms with Gasteiger partial charge in [-0.2, -0.15) is 0 Å². The molecule has 2 rings (SSSR count). The number of nitrogens with one attached hydrogen (secondary N) is 1. The fourth-order valence-electron chi connectivity index (χ4n) is 2.18. The molecule has 1 aliphatic heterocycles. The third-order valence-corrected chi connectivity index (χ3v) is 4.39. The monoisotopic (exact) mass is 294 g/mol. The van der Waals surface area contributed by atoms with Crippen molar-refractivity contribution in [2.75, 3.05) is 12.4 Å². The Morgan fingerprint density at radius 1 is 1.40 bits per heavy atom. The van der Waals surface area contributed by atoms with Gasteiger partial charge in [0.05, 0.1) is 6.61 Å². The molecule has 2 unspecified atom stereocenters. The first-order valence-electron chi connectivity index (χ1n) is 6.52. The van der Waals surface area contributed by atoms with E-state index < -0.39 is 6.04 Å². The normalized spacial score (nSPS) is 21.8. The van der Waals surface area contributed by atoms with Gasteiger partial charge < -0.3 is 4.90 Å². The first-order valence-corrected chi connectivity index (χ1v) is 7.57. The van der Waals surface area contributed by atoms with Gasteiger partial charge >= 0.3 is 0 Å². The van der Waals surface area contributed by atoms with Gasteiger partial charge in [0.15, 0.2) is 0 Å². The lowest BCUT2D eigenvalue weighted by Gasteiger charge is -2.27. The van der Waals surface area contributed by atoms with Crippen molar-refractivity contribution in [1.29, 1.82) is 0 Å². The van der Waals surface area contributed by atoms with Crippen molar-refractivity contribution in [3.63, 3.8) is 0 Å². The van der Waals surface area contributed by atoms with Gasteiger partial charge in [-0.05, 0) is 12.5 Å². The summed E-state index contributed by atoms with van der Waals surface area (Å²) in [7, 11) is 0. The third-order valence-electron chi connectivity index (χ3n) is 3.07. The molecule has 1 aromatic carbocycles. The zero-order valence-corrected chi connectivity index (χ0v) is 12.4. The summed E-state index contributed by atoms with van der Waals surface area (Å²) in [5, 5.41) is -0.119. The average Bonchev–Trinajstić information content (AvgIpc) is 2.90. The van der Waals surface area contributed by atoms with Crippen LogP contribution in [-0.4, -0.2) is 35.1 Å². The number of thioether (sulfide) groups is 1. The van der Waals surface area contributed by atoms with Crippen LogP contribution in [0.4, 0.5) is 0 Å². The predicted octanol–water partition coefficient (Wildman–Crippen LogP) is 1.72. The van der Waals surface area contributed by atoms with Crippen molar-refractivity contribution in [3.8, 4) is 0 Å². The fourth-order valence-corrected chi connectivity index (χ4v) is 3.66. The van der Waals surface area contributed by atoms with Crippen LogP contribution in [0.5, 0.6) is 0 Å². The topological polar surface area (TPSA) is 58.6 Å². The van der Waals surface area contributed by atoms with Crippen molar-refractivity contribution < 1.29 is 14.4 Å². The highest BCUT2D eigenvalue weighted by molar-refractivity contribution is 7.99. The number of hydroxylamine groups is 1. The molecule has 0 radical (unpaired) electrons. The number of nitrogens with zero attached hydrogens (tertiary/aromatic N) is 1. The highest BCUT2D eigenvalue weighted by Gasteiger charge is 2.40. The van der Waals surface area contributed by atoms with Crippen LogP contribution in [0.3, 0.4) is 0 Å². The minimum absolute atomic E-state index is 0.111. The summed E-state index contributed by atoms with van der Waals surface area (Å²) in [5.41, 5.74) is 3.41. The molecule has 0 aliphatic carbocycles. The summed E-state index contributed by atoms with van der Waals surface area (Å²) in [6, 6.07) is 9.24. The molecule has 2 amide bonds. The van der Waals surface area contributed by atoms with E-state index in [9.17, 15) is 9.59 Å². The molecule has 1 aromatic rings.